The third kappa shape index (κ3) is 4.46. The number of hydrogen-bond acceptors (Lipinski definition) is 4. The Morgan fingerprint density at radius 1 is 1.07 bits per heavy atom. The van der Waals surface area contributed by atoms with Crippen molar-refractivity contribution in [3.05, 3.63) is 70.0 Å². The van der Waals surface area contributed by atoms with Crippen molar-refractivity contribution in [1.82, 2.24) is 10.3 Å². The van der Waals surface area contributed by atoms with Gasteiger partial charge in [-0.1, -0.05) is 24.3 Å². The molecule has 2 heterocycles. The van der Waals surface area contributed by atoms with Gasteiger partial charge in [0.15, 0.2) is 0 Å². The highest BCUT2D eigenvalue weighted by Crippen LogP contribution is 2.37. The van der Waals surface area contributed by atoms with Gasteiger partial charge in [-0.05, 0) is 42.2 Å². The highest BCUT2D eigenvalue weighted by atomic mass is 32.1. The van der Waals surface area contributed by atoms with Crippen LogP contribution in [0, 0.1) is 0 Å². The molecule has 1 saturated heterocycles. The first-order valence-corrected chi connectivity index (χ1v) is 10.3. The number of benzene rings is 2. The second-order valence-corrected chi connectivity index (χ2v) is 8.10. The van der Waals surface area contributed by atoms with Crippen molar-refractivity contribution in [3.8, 4) is 17.0 Å². The maximum Gasteiger partial charge on any atom is 0.416 e. The topological polar surface area (TPSA) is 34.1 Å². The van der Waals surface area contributed by atoms with Crippen molar-refractivity contribution in [2.24, 2.45) is 0 Å². The molecule has 0 spiro atoms. The van der Waals surface area contributed by atoms with Crippen LogP contribution in [0.25, 0.3) is 11.3 Å². The maximum absolute atomic E-state index is 12.8. The van der Waals surface area contributed by atoms with Gasteiger partial charge in [0.2, 0.25) is 0 Å². The maximum atomic E-state index is 12.8. The smallest absolute Gasteiger partial charge is 0.416 e. The largest absolute Gasteiger partial charge is 0.497 e. The summed E-state index contributed by atoms with van der Waals surface area (Å²) in [4.78, 5) is 4.83. The number of thiazole rings is 1. The minimum Gasteiger partial charge on any atom is -0.497 e. The predicted octanol–water partition coefficient (Wildman–Crippen LogP) is 5.70. The van der Waals surface area contributed by atoms with Gasteiger partial charge in [0.05, 0.1) is 23.4 Å². The minimum atomic E-state index is -4.30. The number of ether oxygens (including phenoxy) is 1. The number of halogens is 3. The van der Waals surface area contributed by atoms with Gasteiger partial charge in [-0.3, -0.25) is 0 Å². The number of aromatic nitrogens is 1. The average Bonchev–Trinajstić information content (AvgIpc) is 3.24. The van der Waals surface area contributed by atoms with Crippen LogP contribution in [-0.4, -0.2) is 25.2 Å². The molecule has 3 aromatic rings. The zero-order valence-corrected chi connectivity index (χ0v) is 16.7. The highest BCUT2D eigenvalue weighted by Gasteiger charge is 2.31. The molecule has 1 aliphatic heterocycles. The Hall–Kier alpha value is -2.38. The normalized spacial score (nSPS) is 19.9. The molecule has 29 heavy (non-hydrogen) atoms. The summed E-state index contributed by atoms with van der Waals surface area (Å²) in [6.45, 7) is 1.58. The third-order valence-electron chi connectivity index (χ3n) is 5.30. The van der Waals surface area contributed by atoms with Crippen LogP contribution in [0.3, 0.4) is 0 Å². The lowest BCUT2D eigenvalue weighted by atomic mass is 9.85. The molecule has 0 saturated carbocycles. The Kier molecular flexibility index (Phi) is 5.61. The molecular weight excluding hydrogens is 397 g/mol. The van der Waals surface area contributed by atoms with Crippen molar-refractivity contribution in [1.29, 1.82) is 0 Å². The summed E-state index contributed by atoms with van der Waals surface area (Å²) in [5, 5.41) is 6.51. The minimum absolute atomic E-state index is 0.167. The van der Waals surface area contributed by atoms with Crippen LogP contribution in [0.15, 0.2) is 53.9 Å². The zero-order chi connectivity index (χ0) is 20.4. The highest BCUT2D eigenvalue weighted by molar-refractivity contribution is 7.10. The monoisotopic (exact) mass is 418 g/mol. The van der Waals surface area contributed by atoms with Crippen LogP contribution >= 0.6 is 11.3 Å². The quantitative estimate of drug-likeness (QED) is 0.590. The summed E-state index contributed by atoms with van der Waals surface area (Å²) in [6, 6.07) is 13.3. The Morgan fingerprint density at radius 2 is 1.83 bits per heavy atom. The molecule has 1 aromatic heterocycles. The van der Waals surface area contributed by atoms with Gasteiger partial charge in [0.1, 0.15) is 5.75 Å². The fourth-order valence-electron chi connectivity index (χ4n) is 3.72. The van der Waals surface area contributed by atoms with Crippen molar-refractivity contribution in [2.45, 2.75) is 24.4 Å². The van der Waals surface area contributed by atoms with E-state index in [9.17, 15) is 13.2 Å². The van der Waals surface area contributed by atoms with E-state index < -0.39 is 11.7 Å². The van der Waals surface area contributed by atoms with Gasteiger partial charge >= 0.3 is 6.18 Å². The molecule has 2 unspecified atom stereocenters. The van der Waals surface area contributed by atoms with E-state index in [1.54, 1.807) is 30.6 Å². The Morgan fingerprint density at radius 3 is 2.55 bits per heavy atom. The fourth-order valence-corrected chi connectivity index (χ4v) is 4.66. The van der Waals surface area contributed by atoms with Crippen LogP contribution in [0.5, 0.6) is 5.75 Å². The van der Waals surface area contributed by atoms with E-state index in [-0.39, 0.29) is 11.8 Å². The molecule has 0 radical (unpaired) electrons. The van der Waals surface area contributed by atoms with Crippen molar-refractivity contribution < 1.29 is 17.9 Å². The number of hydrogen-bond donors (Lipinski definition) is 1. The molecule has 1 fully saturated rings. The number of nitrogens with one attached hydrogen (secondary N) is 1. The molecule has 2 aromatic carbocycles. The zero-order valence-electron chi connectivity index (χ0n) is 15.9. The van der Waals surface area contributed by atoms with Crippen LogP contribution in [0.2, 0.25) is 0 Å². The van der Waals surface area contributed by atoms with E-state index in [2.05, 4.69) is 5.32 Å². The van der Waals surface area contributed by atoms with E-state index in [0.717, 1.165) is 47.1 Å². The first-order valence-electron chi connectivity index (χ1n) is 9.42. The van der Waals surface area contributed by atoms with Gasteiger partial charge in [-0.25, -0.2) is 4.98 Å². The average molecular weight is 418 g/mol. The number of methoxy groups -OCH3 is 1. The van der Waals surface area contributed by atoms with E-state index in [0.29, 0.717) is 0 Å². The number of rotatable bonds is 4. The van der Waals surface area contributed by atoms with Gasteiger partial charge in [-0.2, -0.15) is 13.2 Å². The van der Waals surface area contributed by atoms with Gasteiger partial charge < -0.3 is 10.1 Å². The molecule has 0 aliphatic carbocycles. The summed E-state index contributed by atoms with van der Waals surface area (Å²) >= 11 is 1.63. The Bertz CT molecular complexity index is 969. The molecule has 1 aliphatic rings. The van der Waals surface area contributed by atoms with Crippen LogP contribution < -0.4 is 10.1 Å². The van der Waals surface area contributed by atoms with Gasteiger partial charge in [0.25, 0.3) is 0 Å². The second kappa shape index (κ2) is 8.16. The lowest BCUT2D eigenvalue weighted by molar-refractivity contribution is -0.137. The third-order valence-corrected chi connectivity index (χ3v) is 6.30. The van der Waals surface area contributed by atoms with Crippen LogP contribution in [-0.2, 0) is 6.18 Å². The SMILES string of the molecule is COc1cccc(-c2csc(C3CNCC(c4ccc(C(F)(F)F)cc4)C3)n2)c1. The fraction of sp³-hybridized carbons (Fsp3) is 0.318. The molecule has 2 atom stereocenters. The summed E-state index contributed by atoms with van der Waals surface area (Å²) in [6.07, 6.45) is -3.44. The summed E-state index contributed by atoms with van der Waals surface area (Å²) < 4.78 is 43.7. The number of alkyl halides is 3. The Balaban J connectivity index is 1.49. The lowest BCUT2D eigenvalue weighted by Crippen LogP contribution is -2.34. The first-order chi connectivity index (χ1) is 13.9. The molecule has 3 nitrogen and oxygen atoms in total. The van der Waals surface area contributed by atoms with Crippen molar-refractivity contribution in [3.63, 3.8) is 0 Å². The van der Waals surface area contributed by atoms with E-state index in [1.165, 1.54) is 12.1 Å². The number of piperidine rings is 1. The second-order valence-electron chi connectivity index (χ2n) is 7.21. The van der Waals surface area contributed by atoms with Gasteiger partial charge in [0, 0.05) is 30.0 Å². The molecule has 7 heteroatoms. The first kappa shape index (κ1) is 19.9. The molecular formula is C22H21F3N2OS. The molecule has 1 N–H and O–H groups in total. The molecule has 0 amide bonds. The van der Waals surface area contributed by atoms with E-state index in [1.807, 2.05) is 29.6 Å². The molecule has 4 rings (SSSR count). The Labute approximate surface area is 171 Å². The van der Waals surface area contributed by atoms with E-state index in [4.69, 9.17) is 9.72 Å². The van der Waals surface area contributed by atoms with E-state index >= 15 is 0 Å². The van der Waals surface area contributed by atoms with Gasteiger partial charge in [-0.15, -0.1) is 11.3 Å². The standard InChI is InChI=1S/C22H21F3N2OS/c1-28-19-4-2-3-15(10-19)20-13-29-21(27-20)17-9-16(11-26-12-17)14-5-7-18(8-6-14)22(23,24)25/h2-8,10,13,16-17,26H,9,11-12H2,1H3. The summed E-state index contributed by atoms with van der Waals surface area (Å²) in [7, 11) is 1.64. The van der Waals surface area contributed by atoms with Crippen molar-refractivity contribution >= 4 is 11.3 Å². The van der Waals surface area contributed by atoms with Crippen LogP contribution in [0.4, 0.5) is 13.2 Å². The summed E-state index contributed by atoms with van der Waals surface area (Å²) in [5.41, 5.74) is 2.25. The summed E-state index contributed by atoms with van der Waals surface area (Å²) in [5.74, 6) is 1.19. The lowest BCUT2D eigenvalue weighted by Gasteiger charge is -2.29. The van der Waals surface area contributed by atoms with Crippen LogP contribution in [0.1, 0.15) is 34.4 Å². The molecule has 152 valence electrons. The molecule has 0 bridgehead atoms. The predicted molar refractivity (Wildman–Crippen MR) is 109 cm³/mol. The van der Waals surface area contributed by atoms with Crippen molar-refractivity contribution in [2.75, 3.05) is 20.2 Å². The number of nitrogens with zero attached hydrogens (tertiary/aromatic N) is 1.